The molecule has 1 aromatic carbocycles. The number of carboxylic acid groups (broad SMARTS) is 1. The van der Waals surface area contributed by atoms with E-state index in [1.165, 1.54) is 0 Å². The summed E-state index contributed by atoms with van der Waals surface area (Å²) in [6, 6.07) is 8.13. The van der Waals surface area contributed by atoms with Gasteiger partial charge in [0.1, 0.15) is 0 Å². The van der Waals surface area contributed by atoms with Crippen molar-refractivity contribution in [2.24, 2.45) is 5.92 Å². The van der Waals surface area contributed by atoms with E-state index >= 15 is 0 Å². The fourth-order valence-electron chi connectivity index (χ4n) is 2.38. The number of carboxylic acids is 1. The van der Waals surface area contributed by atoms with Crippen LogP contribution in [0.5, 0.6) is 0 Å². The number of aliphatic carboxylic acids is 1. The van der Waals surface area contributed by atoms with Crippen LogP contribution in [0.15, 0.2) is 24.3 Å². The number of nitrogens with zero attached hydrogens (tertiary/aromatic N) is 1. The van der Waals surface area contributed by atoms with Gasteiger partial charge in [0.15, 0.2) is 0 Å². The molecule has 0 unspecified atom stereocenters. The van der Waals surface area contributed by atoms with Crippen LogP contribution < -0.4 is 4.90 Å². The van der Waals surface area contributed by atoms with Crippen LogP contribution in [-0.2, 0) is 4.79 Å². The van der Waals surface area contributed by atoms with Crippen molar-refractivity contribution in [3.05, 3.63) is 28.6 Å². The van der Waals surface area contributed by atoms with Crippen molar-refractivity contribution in [1.29, 1.82) is 0 Å². The van der Waals surface area contributed by atoms with Crippen molar-refractivity contribution in [1.82, 2.24) is 0 Å². The molecule has 1 aliphatic heterocycles. The first-order valence-electron chi connectivity index (χ1n) is 5.80. The molecular weight excluding hydrogens is 270 g/mol. The van der Waals surface area contributed by atoms with Crippen molar-refractivity contribution >= 4 is 44.7 Å². The van der Waals surface area contributed by atoms with E-state index in [1.54, 1.807) is 11.3 Å². The zero-order chi connectivity index (χ0) is 12.7. The zero-order valence-electron chi connectivity index (χ0n) is 9.60. The highest BCUT2D eigenvalue weighted by Gasteiger charge is 2.28. The molecule has 0 saturated carbocycles. The van der Waals surface area contributed by atoms with Gasteiger partial charge in [0.25, 0.3) is 0 Å². The Hall–Kier alpha value is -1.26. The molecule has 1 fully saturated rings. The third kappa shape index (κ3) is 2.06. The van der Waals surface area contributed by atoms with Crippen molar-refractivity contribution in [3.63, 3.8) is 0 Å². The van der Waals surface area contributed by atoms with Crippen LogP contribution >= 0.6 is 22.9 Å². The molecule has 1 saturated heterocycles. The molecule has 5 heteroatoms. The normalized spacial score (nSPS) is 19.6. The lowest BCUT2D eigenvalue weighted by Gasteiger charge is -2.17. The van der Waals surface area contributed by atoms with Gasteiger partial charge in [-0.3, -0.25) is 4.79 Å². The van der Waals surface area contributed by atoms with Crippen LogP contribution in [0.25, 0.3) is 10.1 Å². The maximum Gasteiger partial charge on any atom is 0.308 e. The first-order chi connectivity index (χ1) is 8.63. The van der Waals surface area contributed by atoms with Crippen molar-refractivity contribution in [2.45, 2.75) is 6.42 Å². The molecule has 3 nitrogen and oxygen atoms in total. The van der Waals surface area contributed by atoms with E-state index in [9.17, 15) is 4.79 Å². The summed E-state index contributed by atoms with van der Waals surface area (Å²) in [6.45, 7) is 1.40. The zero-order valence-corrected chi connectivity index (χ0v) is 11.2. The average molecular weight is 282 g/mol. The van der Waals surface area contributed by atoms with Crippen LogP contribution in [0.3, 0.4) is 0 Å². The molecule has 0 spiro atoms. The van der Waals surface area contributed by atoms with Crippen LogP contribution in [-0.4, -0.2) is 24.2 Å². The van der Waals surface area contributed by atoms with Crippen LogP contribution in [0.4, 0.5) is 5.69 Å². The Labute approximate surface area is 114 Å². The smallest absolute Gasteiger partial charge is 0.308 e. The lowest BCUT2D eigenvalue weighted by atomic mass is 10.1. The third-order valence-electron chi connectivity index (χ3n) is 3.38. The topological polar surface area (TPSA) is 40.5 Å². The standard InChI is InChI=1S/C13H12ClNO2S/c14-12-5-8-1-2-10(6-11(8)18-12)15-4-3-9(7-15)13(16)17/h1-2,5-6,9H,3-4,7H2,(H,16,17)/t9-/m1/s1. The molecule has 2 heterocycles. The van der Waals surface area contributed by atoms with E-state index < -0.39 is 5.97 Å². The van der Waals surface area contributed by atoms with Gasteiger partial charge in [-0.15, -0.1) is 11.3 Å². The maximum absolute atomic E-state index is 11.0. The summed E-state index contributed by atoms with van der Waals surface area (Å²) in [5.41, 5.74) is 1.09. The number of fused-ring (bicyclic) bond motifs is 1. The number of anilines is 1. The van der Waals surface area contributed by atoms with Gasteiger partial charge >= 0.3 is 5.97 Å². The number of thiophene rings is 1. The fourth-order valence-corrected chi connectivity index (χ4v) is 3.57. The van der Waals surface area contributed by atoms with Gasteiger partial charge in [0.2, 0.25) is 0 Å². The lowest BCUT2D eigenvalue weighted by molar-refractivity contribution is -0.140. The second-order valence-corrected chi connectivity index (χ2v) is 6.26. The Morgan fingerprint density at radius 3 is 3.00 bits per heavy atom. The predicted molar refractivity (Wildman–Crippen MR) is 74.8 cm³/mol. The quantitative estimate of drug-likeness (QED) is 0.916. The Kier molecular flexibility index (Phi) is 2.92. The largest absolute Gasteiger partial charge is 0.481 e. The van der Waals surface area contributed by atoms with Crippen molar-refractivity contribution in [3.8, 4) is 0 Å². The number of halogens is 1. The van der Waals surface area contributed by atoms with E-state index in [2.05, 4.69) is 11.0 Å². The van der Waals surface area contributed by atoms with E-state index in [0.29, 0.717) is 6.54 Å². The van der Waals surface area contributed by atoms with E-state index in [4.69, 9.17) is 16.7 Å². The number of hydrogen-bond acceptors (Lipinski definition) is 3. The molecule has 2 aromatic rings. The number of hydrogen-bond donors (Lipinski definition) is 1. The summed E-state index contributed by atoms with van der Waals surface area (Å²) in [4.78, 5) is 13.1. The fraction of sp³-hybridized carbons (Fsp3) is 0.308. The van der Waals surface area contributed by atoms with Gasteiger partial charge in [-0.25, -0.2) is 0 Å². The second kappa shape index (κ2) is 4.44. The monoisotopic (exact) mass is 281 g/mol. The molecule has 0 aliphatic carbocycles. The van der Waals surface area contributed by atoms with Crippen LogP contribution in [0.2, 0.25) is 4.34 Å². The number of carbonyl (C=O) groups is 1. The molecule has 1 aliphatic rings. The Morgan fingerprint density at radius 1 is 1.44 bits per heavy atom. The summed E-state index contributed by atoms with van der Waals surface area (Å²) < 4.78 is 1.93. The van der Waals surface area contributed by atoms with E-state index in [-0.39, 0.29) is 5.92 Å². The SMILES string of the molecule is O=C(O)[C@@H]1CCN(c2ccc3cc(Cl)sc3c2)C1. The van der Waals surface area contributed by atoms with Gasteiger partial charge in [-0.1, -0.05) is 17.7 Å². The molecule has 0 radical (unpaired) electrons. The van der Waals surface area contributed by atoms with Gasteiger partial charge < -0.3 is 10.0 Å². The highest BCUT2D eigenvalue weighted by molar-refractivity contribution is 7.22. The molecule has 94 valence electrons. The minimum absolute atomic E-state index is 0.243. The summed E-state index contributed by atoms with van der Waals surface area (Å²) >= 11 is 7.54. The second-order valence-electron chi connectivity index (χ2n) is 4.54. The molecule has 1 atom stereocenters. The highest BCUT2D eigenvalue weighted by atomic mass is 35.5. The van der Waals surface area contributed by atoms with Gasteiger partial charge in [0.05, 0.1) is 10.3 Å². The molecule has 0 bridgehead atoms. The molecule has 18 heavy (non-hydrogen) atoms. The maximum atomic E-state index is 11.0. The van der Waals surface area contributed by atoms with Gasteiger partial charge in [-0.2, -0.15) is 0 Å². The van der Waals surface area contributed by atoms with Crippen molar-refractivity contribution < 1.29 is 9.90 Å². The summed E-state index contributed by atoms with van der Waals surface area (Å²) in [7, 11) is 0. The minimum atomic E-state index is -0.697. The molecule has 1 N–H and O–H groups in total. The summed E-state index contributed by atoms with van der Waals surface area (Å²) in [5.74, 6) is -0.939. The van der Waals surface area contributed by atoms with Crippen LogP contribution in [0.1, 0.15) is 6.42 Å². The third-order valence-corrected chi connectivity index (χ3v) is 4.60. The van der Waals surface area contributed by atoms with Crippen LogP contribution in [0, 0.1) is 5.92 Å². The van der Waals surface area contributed by atoms with E-state index in [0.717, 1.165) is 33.1 Å². The predicted octanol–water partition coefficient (Wildman–Crippen LogP) is 3.47. The van der Waals surface area contributed by atoms with Gasteiger partial charge in [0, 0.05) is 23.5 Å². The first kappa shape index (κ1) is 11.8. The Balaban J connectivity index is 1.88. The molecule has 1 aromatic heterocycles. The minimum Gasteiger partial charge on any atom is -0.481 e. The lowest BCUT2D eigenvalue weighted by Crippen LogP contribution is -2.22. The first-order valence-corrected chi connectivity index (χ1v) is 7.00. The molecule has 0 amide bonds. The average Bonchev–Trinajstić information content (AvgIpc) is 2.91. The highest BCUT2D eigenvalue weighted by Crippen LogP contribution is 2.33. The number of rotatable bonds is 2. The van der Waals surface area contributed by atoms with E-state index in [1.807, 2.05) is 18.2 Å². The van der Waals surface area contributed by atoms with Crippen molar-refractivity contribution in [2.75, 3.05) is 18.0 Å². The summed E-state index contributed by atoms with van der Waals surface area (Å²) in [6.07, 6.45) is 0.721. The Morgan fingerprint density at radius 2 is 2.28 bits per heavy atom. The molecule has 3 rings (SSSR count). The Bertz CT molecular complexity index is 610. The summed E-state index contributed by atoms with van der Waals surface area (Å²) in [5, 5.41) is 10.2. The number of benzene rings is 1. The molecular formula is C13H12ClNO2S. The van der Waals surface area contributed by atoms with Gasteiger partial charge in [-0.05, 0) is 30.0 Å².